The van der Waals surface area contributed by atoms with Crippen molar-refractivity contribution in [3.8, 4) is 0 Å². The lowest BCUT2D eigenvalue weighted by Crippen LogP contribution is -2.48. The van der Waals surface area contributed by atoms with E-state index in [1.54, 1.807) is 0 Å². The summed E-state index contributed by atoms with van der Waals surface area (Å²) in [6.07, 6.45) is 4.80. The van der Waals surface area contributed by atoms with Crippen LogP contribution < -0.4 is 4.72 Å². The second-order valence-corrected chi connectivity index (χ2v) is 6.37. The van der Waals surface area contributed by atoms with Gasteiger partial charge in [0.15, 0.2) is 0 Å². The van der Waals surface area contributed by atoms with Crippen molar-refractivity contribution in [3.63, 3.8) is 0 Å². The third kappa shape index (κ3) is 2.78. The maximum Gasteiger partial charge on any atom is 0.322 e. The Balaban J connectivity index is 2.06. The first-order valence-electron chi connectivity index (χ1n) is 6.02. The molecule has 0 unspecified atom stereocenters. The second-order valence-electron chi connectivity index (χ2n) is 4.71. The number of rotatable bonds is 4. The Hall–Kier alpha value is -0.660. The zero-order chi connectivity index (χ0) is 12.5. The normalized spacial score (nSPS) is 27.6. The van der Waals surface area contributed by atoms with E-state index < -0.39 is 22.2 Å². The molecular weight excluding hydrogens is 244 g/mol. The van der Waals surface area contributed by atoms with E-state index >= 15 is 0 Å². The van der Waals surface area contributed by atoms with Crippen LogP contribution in [0.5, 0.6) is 0 Å². The maximum absolute atomic E-state index is 12.1. The average molecular weight is 262 g/mol. The average Bonchev–Trinajstić information content (AvgIpc) is 2.84. The lowest BCUT2D eigenvalue weighted by molar-refractivity contribution is -0.140. The molecule has 2 aliphatic rings. The second kappa shape index (κ2) is 4.91. The Bertz CT molecular complexity index is 389. The maximum atomic E-state index is 12.1. The summed E-state index contributed by atoms with van der Waals surface area (Å²) in [5, 5.41) is 8.97. The predicted octanol–water partition coefficient (Wildman–Crippen LogP) is 0.312. The number of carboxylic acid groups (broad SMARTS) is 1. The summed E-state index contributed by atoms with van der Waals surface area (Å²) in [6, 6.07) is -0.913. The minimum absolute atomic E-state index is 0.0185. The summed E-state index contributed by atoms with van der Waals surface area (Å²) in [5.74, 6) is -1.06. The van der Waals surface area contributed by atoms with Crippen LogP contribution >= 0.6 is 0 Å². The van der Waals surface area contributed by atoms with Gasteiger partial charge in [0, 0.05) is 12.6 Å². The van der Waals surface area contributed by atoms with Gasteiger partial charge in [0.1, 0.15) is 6.04 Å². The first-order chi connectivity index (χ1) is 8.00. The van der Waals surface area contributed by atoms with E-state index in [2.05, 4.69) is 4.72 Å². The largest absolute Gasteiger partial charge is 0.480 e. The number of carboxylic acids is 1. The highest BCUT2D eigenvalue weighted by molar-refractivity contribution is 7.87. The fourth-order valence-electron chi connectivity index (χ4n) is 2.60. The van der Waals surface area contributed by atoms with E-state index in [9.17, 15) is 13.2 Å². The first kappa shape index (κ1) is 12.8. The Labute approximate surface area is 101 Å². The highest BCUT2D eigenvalue weighted by Crippen LogP contribution is 2.23. The van der Waals surface area contributed by atoms with Crippen molar-refractivity contribution in [2.75, 3.05) is 6.54 Å². The summed E-state index contributed by atoms with van der Waals surface area (Å²) < 4.78 is 27.8. The van der Waals surface area contributed by atoms with Crippen molar-refractivity contribution >= 4 is 16.2 Å². The summed E-state index contributed by atoms with van der Waals surface area (Å²) in [4.78, 5) is 11.0. The number of aliphatic carboxylic acids is 1. The van der Waals surface area contributed by atoms with Crippen LogP contribution in [0.15, 0.2) is 0 Å². The molecule has 1 saturated heterocycles. The molecule has 0 aromatic rings. The molecule has 1 saturated carbocycles. The quantitative estimate of drug-likeness (QED) is 0.763. The molecule has 1 heterocycles. The van der Waals surface area contributed by atoms with Crippen LogP contribution in [0.25, 0.3) is 0 Å². The Kier molecular flexibility index (Phi) is 3.70. The number of carbonyl (C=O) groups is 1. The molecule has 2 N–H and O–H groups in total. The molecule has 0 spiro atoms. The molecule has 7 heteroatoms. The van der Waals surface area contributed by atoms with Crippen LogP contribution in [0.3, 0.4) is 0 Å². The molecule has 17 heavy (non-hydrogen) atoms. The van der Waals surface area contributed by atoms with E-state index in [1.807, 2.05) is 0 Å². The van der Waals surface area contributed by atoms with Crippen molar-refractivity contribution < 1.29 is 18.3 Å². The summed E-state index contributed by atoms with van der Waals surface area (Å²) in [5.41, 5.74) is 0. The van der Waals surface area contributed by atoms with Gasteiger partial charge in [-0.15, -0.1) is 0 Å². The molecule has 0 bridgehead atoms. The molecule has 0 radical (unpaired) electrons. The van der Waals surface area contributed by atoms with Crippen molar-refractivity contribution in [2.45, 2.75) is 50.6 Å². The van der Waals surface area contributed by atoms with E-state index in [1.165, 1.54) is 0 Å². The minimum Gasteiger partial charge on any atom is -0.480 e. The zero-order valence-corrected chi connectivity index (χ0v) is 10.4. The zero-order valence-electron chi connectivity index (χ0n) is 9.63. The van der Waals surface area contributed by atoms with Gasteiger partial charge in [-0.2, -0.15) is 17.4 Å². The van der Waals surface area contributed by atoms with Crippen molar-refractivity contribution in [1.29, 1.82) is 0 Å². The first-order valence-corrected chi connectivity index (χ1v) is 7.46. The molecule has 0 aromatic carbocycles. The topological polar surface area (TPSA) is 86.7 Å². The lowest BCUT2D eigenvalue weighted by atomic mass is 10.2. The molecule has 98 valence electrons. The number of nitrogens with zero attached hydrogens (tertiary/aromatic N) is 1. The molecule has 0 aromatic heterocycles. The van der Waals surface area contributed by atoms with Gasteiger partial charge in [0.2, 0.25) is 0 Å². The van der Waals surface area contributed by atoms with Gasteiger partial charge in [-0.1, -0.05) is 12.8 Å². The Morgan fingerprint density at radius 2 is 1.82 bits per heavy atom. The fourth-order valence-corrected chi connectivity index (χ4v) is 4.29. The van der Waals surface area contributed by atoms with E-state index in [0.29, 0.717) is 19.4 Å². The highest BCUT2D eigenvalue weighted by atomic mass is 32.2. The smallest absolute Gasteiger partial charge is 0.322 e. The lowest BCUT2D eigenvalue weighted by Gasteiger charge is -2.23. The van der Waals surface area contributed by atoms with Gasteiger partial charge >= 0.3 is 5.97 Å². The van der Waals surface area contributed by atoms with Crippen LogP contribution in [0.1, 0.15) is 38.5 Å². The van der Waals surface area contributed by atoms with E-state index in [4.69, 9.17) is 5.11 Å². The van der Waals surface area contributed by atoms with Gasteiger partial charge in [0.25, 0.3) is 10.2 Å². The molecule has 1 aliphatic carbocycles. The SMILES string of the molecule is O=C(O)[C@H]1CCCN1S(=O)(=O)NC1CCCC1. The molecule has 2 fully saturated rings. The minimum atomic E-state index is -3.64. The van der Waals surface area contributed by atoms with Gasteiger partial charge < -0.3 is 5.11 Å². The van der Waals surface area contributed by atoms with Crippen LogP contribution in [0.2, 0.25) is 0 Å². The molecule has 6 nitrogen and oxygen atoms in total. The third-order valence-electron chi connectivity index (χ3n) is 3.47. The monoisotopic (exact) mass is 262 g/mol. The summed E-state index contributed by atoms with van der Waals surface area (Å²) in [6.45, 7) is 0.305. The number of hydrogen-bond acceptors (Lipinski definition) is 3. The van der Waals surface area contributed by atoms with E-state index in [-0.39, 0.29) is 6.04 Å². The molecular formula is C10H18N2O4S. The van der Waals surface area contributed by atoms with Crippen LogP contribution in [0, 0.1) is 0 Å². The van der Waals surface area contributed by atoms with Gasteiger partial charge in [-0.05, 0) is 25.7 Å². The van der Waals surface area contributed by atoms with Crippen molar-refractivity contribution in [2.24, 2.45) is 0 Å². The fraction of sp³-hybridized carbons (Fsp3) is 0.900. The van der Waals surface area contributed by atoms with Crippen LogP contribution in [-0.2, 0) is 15.0 Å². The molecule has 1 atom stereocenters. The number of hydrogen-bond donors (Lipinski definition) is 2. The van der Waals surface area contributed by atoms with Crippen molar-refractivity contribution in [3.05, 3.63) is 0 Å². The Morgan fingerprint density at radius 3 is 2.41 bits per heavy atom. The van der Waals surface area contributed by atoms with Crippen molar-refractivity contribution in [1.82, 2.24) is 9.03 Å². The standard InChI is InChI=1S/C10H18N2O4S/c13-10(14)9-6-3-7-12(9)17(15,16)11-8-4-1-2-5-8/h8-9,11H,1-7H2,(H,13,14)/t9-/m1/s1. The van der Waals surface area contributed by atoms with Crippen LogP contribution in [0.4, 0.5) is 0 Å². The molecule has 1 aliphatic heterocycles. The van der Waals surface area contributed by atoms with Gasteiger partial charge in [-0.25, -0.2) is 0 Å². The summed E-state index contributed by atoms with van der Waals surface area (Å²) in [7, 11) is -3.64. The third-order valence-corrected chi connectivity index (χ3v) is 5.15. The van der Waals surface area contributed by atoms with E-state index in [0.717, 1.165) is 30.0 Å². The molecule has 0 amide bonds. The summed E-state index contributed by atoms with van der Waals surface area (Å²) >= 11 is 0. The van der Waals surface area contributed by atoms with Gasteiger partial charge in [0.05, 0.1) is 0 Å². The number of nitrogens with one attached hydrogen (secondary N) is 1. The van der Waals surface area contributed by atoms with Gasteiger partial charge in [-0.3, -0.25) is 4.79 Å². The predicted molar refractivity (Wildman–Crippen MR) is 61.7 cm³/mol. The Morgan fingerprint density at radius 1 is 1.18 bits per heavy atom. The molecule has 2 rings (SSSR count). The highest BCUT2D eigenvalue weighted by Gasteiger charge is 2.39. The van der Waals surface area contributed by atoms with Crippen LogP contribution in [-0.4, -0.2) is 42.4 Å².